The summed E-state index contributed by atoms with van der Waals surface area (Å²) in [6.07, 6.45) is 1.56. The first kappa shape index (κ1) is 15.2. The molecule has 3 aromatic rings. The number of aromatic amines is 1. The molecule has 0 unspecified atom stereocenters. The molecule has 0 fully saturated rings. The Hall–Kier alpha value is -2.67. The van der Waals surface area contributed by atoms with Gasteiger partial charge < -0.3 is 5.32 Å². The van der Waals surface area contributed by atoms with E-state index in [0.717, 1.165) is 6.42 Å². The lowest BCUT2D eigenvalue weighted by Gasteiger charge is -2.07. The summed E-state index contributed by atoms with van der Waals surface area (Å²) in [7, 11) is 0. The third kappa shape index (κ3) is 3.09. The number of hydrogen-bond acceptors (Lipinski definition) is 4. The van der Waals surface area contributed by atoms with Crippen LogP contribution in [0.3, 0.4) is 0 Å². The van der Waals surface area contributed by atoms with Crippen LogP contribution in [0, 0.1) is 0 Å². The third-order valence-electron chi connectivity index (χ3n) is 3.22. The van der Waals surface area contributed by atoms with Gasteiger partial charge in [0.25, 0.3) is 11.5 Å². The molecular weight excluding hydrogens is 318 g/mol. The Labute approximate surface area is 136 Å². The lowest BCUT2D eigenvalue weighted by molar-refractivity contribution is 0.102. The molecule has 2 N–H and O–H groups in total. The van der Waals surface area contributed by atoms with Gasteiger partial charge in [0.05, 0.1) is 10.6 Å². The predicted octanol–water partition coefficient (Wildman–Crippen LogP) is 2.28. The topological polar surface area (TPSA) is 92.1 Å². The molecule has 1 amide bonds. The van der Waals surface area contributed by atoms with E-state index >= 15 is 0 Å². The molecule has 23 heavy (non-hydrogen) atoms. The first-order chi connectivity index (χ1) is 11.1. The Kier molecular flexibility index (Phi) is 4.12. The van der Waals surface area contributed by atoms with Gasteiger partial charge in [-0.1, -0.05) is 30.7 Å². The maximum Gasteiger partial charge on any atom is 0.258 e. The zero-order valence-corrected chi connectivity index (χ0v) is 13.1. The van der Waals surface area contributed by atoms with Crippen LogP contribution in [0.2, 0.25) is 5.02 Å². The molecule has 2 heterocycles. The van der Waals surface area contributed by atoms with E-state index in [4.69, 9.17) is 11.6 Å². The van der Waals surface area contributed by atoms with Gasteiger partial charge in [-0.2, -0.15) is 9.50 Å². The van der Waals surface area contributed by atoms with Crippen LogP contribution in [0.1, 0.15) is 29.5 Å². The molecule has 8 heteroatoms. The molecular formula is C15H14ClN5O2. The second-order valence-electron chi connectivity index (χ2n) is 4.97. The van der Waals surface area contributed by atoms with Crippen molar-refractivity contribution in [3.63, 3.8) is 0 Å². The molecule has 118 valence electrons. The number of nitrogens with one attached hydrogen (secondary N) is 2. The number of aryl methyl sites for hydroxylation is 1. The molecule has 0 radical (unpaired) electrons. The molecule has 3 rings (SSSR count). The highest BCUT2D eigenvalue weighted by Gasteiger charge is 2.14. The van der Waals surface area contributed by atoms with Crippen LogP contribution in [-0.2, 0) is 6.42 Å². The summed E-state index contributed by atoms with van der Waals surface area (Å²) in [5, 5.41) is 7.29. The van der Waals surface area contributed by atoms with Gasteiger partial charge in [0.15, 0.2) is 5.82 Å². The molecule has 2 aromatic heterocycles. The standard InChI is InChI=1S/C15H14ClN5O2/c1-2-5-11-17-15-19-13(22)8-12(21(15)20-11)18-14(23)9-6-3-4-7-10(9)16/h3-4,6-8H,2,5H2,1H3,(H,18,23)(H,17,19,20,22). The SMILES string of the molecule is CCCc1nc2[nH]c(=O)cc(NC(=O)c3ccccc3Cl)n2n1. The summed E-state index contributed by atoms with van der Waals surface area (Å²) >= 11 is 6.02. The number of nitrogens with zero attached hydrogens (tertiary/aromatic N) is 3. The van der Waals surface area contributed by atoms with Crippen LogP contribution in [0.15, 0.2) is 35.1 Å². The highest BCUT2D eigenvalue weighted by Crippen LogP contribution is 2.17. The Bertz CT molecular complexity index is 931. The fourth-order valence-electron chi connectivity index (χ4n) is 2.18. The number of carbonyl (C=O) groups excluding carboxylic acids is 1. The van der Waals surface area contributed by atoms with Crippen molar-refractivity contribution >= 4 is 29.1 Å². The smallest absolute Gasteiger partial charge is 0.258 e. The summed E-state index contributed by atoms with van der Waals surface area (Å²) in [5.41, 5.74) is -0.0566. The molecule has 0 saturated carbocycles. The average molecular weight is 332 g/mol. The van der Waals surface area contributed by atoms with Crippen molar-refractivity contribution in [2.75, 3.05) is 5.32 Å². The number of H-pyrrole nitrogens is 1. The van der Waals surface area contributed by atoms with Gasteiger partial charge in [0.2, 0.25) is 5.78 Å². The van der Waals surface area contributed by atoms with E-state index in [1.165, 1.54) is 10.6 Å². The number of carbonyl (C=O) groups is 1. The Morgan fingerprint density at radius 2 is 2.17 bits per heavy atom. The zero-order valence-electron chi connectivity index (χ0n) is 12.3. The minimum atomic E-state index is -0.421. The van der Waals surface area contributed by atoms with Crippen molar-refractivity contribution in [3.05, 3.63) is 57.1 Å². The monoisotopic (exact) mass is 331 g/mol. The first-order valence-corrected chi connectivity index (χ1v) is 7.51. The number of hydrogen-bond donors (Lipinski definition) is 2. The maximum absolute atomic E-state index is 12.4. The van der Waals surface area contributed by atoms with Gasteiger partial charge in [-0.25, -0.2) is 0 Å². The van der Waals surface area contributed by atoms with E-state index in [0.29, 0.717) is 22.8 Å². The van der Waals surface area contributed by atoms with Gasteiger partial charge in [0.1, 0.15) is 5.82 Å². The molecule has 0 aliphatic rings. The van der Waals surface area contributed by atoms with Crippen molar-refractivity contribution in [3.8, 4) is 0 Å². The van der Waals surface area contributed by atoms with Crippen LogP contribution in [0.25, 0.3) is 5.78 Å². The maximum atomic E-state index is 12.4. The first-order valence-electron chi connectivity index (χ1n) is 7.13. The second kappa shape index (κ2) is 6.21. The van der Waals surface area contributed by atoms with Crippen LogP contribution in [0.4, 0.5) is 5.82 Å². The number of halogens is 1. The molecule has 0 bridgehead atoms. The minimum absolute atomic E-state index is 0.239. The number of aromatic nitrogens is 4. The number of anilines is 1. The molecule has 0 aliphatic carbocycles. The Balaban J connectivity index is 2.00. The molecule has 7 nitrogen and oxygen atoms in total. The third-order valence-corrected chi connectivity index (χ3v) is 3.55. The summed E-state index contributed by atoms with van der Waals surface area (Å²) in [5.74, 6) is 0.705. The molecule has 0 aliphatic heterocycles. The minimum Gasteiger partial charge on any atom is -0.306 e. The van der Waals surface area contributed by atoms with Crippen LogP contribution < -0.4 is 10.9 Å². The normalized spacial score (nSPS) is 10.9. The zero-order chi connectivity index (χ0) is 16.4. The van der Waals surface area contributed by atoms with Gasteiger partial charge in [-0.3, -0.25) is 14.6 Å². The predicted molar refractivity (Wildman–Crippen MR) is 87.0 cm³/mol. The lowest BCUT2D eigenvalue weighted by atomic mass is 10.2. The number of fused-ring (bicyclic) bond motifs is 1. The summed E-state index contributed by atoms with van der Waals surface area (Å²) in [6.45, 7) is 2.01. The number of amides is 1. The number of rotatable bonds is 4. The van der Waals surface area contributed by atoms with Gasteiger partial charge in [-0.15, -0.1) is 5.10 Å². The summed E-state index contributed by atoms with van der Waals surface area (Å²) in [6, 6.07) is 7.93. The summed E-state index contributed by atoms with van der Waals surface area (Å²) in [4.78, 5) is 30.9. The van der Waals surface area contributed by atoms with Crippen molar-refractivity contribution in [1.82, 2.24) is 19.6 Å². The van der Waals surface area contributed by atoms with Crippen LogP contribution in [0.5, 0.6) is 0 Å². The number of benzene rings is 1. The van der Waals surface area contributed by atoms with Gasteiger partial charge >= 0.3 is 0 Å². The van der Waals surface area contributed by atoms with Crippen LogP contribution >= 0.6 is 11.6 Å². The van der Waals surface area contributed by atoms with Crippen molar-refractivity contribution in [2.24, 2.45) is 0 Å². The average Bonchev–Trinajstić information content (AvgIpc) is 2.90. The highest BCUT2D eigenvalue weighted by atomic mass is 35.5. The Morgan fingerprint density at radius 1 is 1.39 bits per heavy atom. The highest BCUT2D eigenvalue weighted by molar-refractivity contribution is 6.34. The quantitative estimate of drug-likeness (QED) is 0.767. The lowest BCUT2D eigenvalue weighted by Crippen LogP contribution is -2.19. The molecule has 0 spiro atoms. The molecule has 0 saturated heterocycles. The van der Waals surface area contributed by atoms with E-state index in [1.807, 2.05) is 6.92 Å². The van der Waals surface area contributed by atoms with Gasteiger partial charge in [0, 0.05) is 12.5 Å². The van der Waals surface area contributed by atoms with E-state index in [-0.39, 0.29) is 17.2 Å². The van der Waals surface area contributed by atoms with E-state index in [2.05, 4.69) is 20.4 Å². The van der Waals surface area contributed by atoms with E-state index < -0.39 is 5.91 Å². The van der Waals surface area contributed by atoms with Crippen molar-refractivity contribution in [2.45, 2.75) is 19.8 Å². The fourth-order valence-corrected chi connectivity index (χ4v) is 2.40. The summed E-state index contributed by atoms with van der Waals surface area (Å²) < 4.78 is 1.40. The Morgan fingerprint density at radius 3 is 2.91 bits per heavy atom. The van der Waals surface area contributed by atoms with Crippen LogP contribution in [-0.4, -0.2) is 25.5 Å². The fraction of sp³-hybridized carbons (Fsp3) is 0.200. The van der Waals surface area contributed by atoms with E-state index in [1.54, 1.807) is 24.3 Å². The van der Waals surface area contributed by atoms with E-state index in [9.17, 15) is 9.59 Å². The van der Waals surface area contributed by atoms with Gasteiger partial charge in [-0.05, 0) is 18.6 Å². The largest absolute Gasteiger partial charge is 0.306 e. The van der Waals surface area contributed by atoms with Crippen molar-refractivity contribution < 1.29 is 4.79 Å². The molecule has 0 atom stereocenters. The second-order valence-corrected chi connectivity index (χ2v) is 5.37. The van der Waals surface area contributed by atoms with Crippen molar-refractivity contribution in [1.29, 1.82) is 0 Å². The molecule has 1 aromatic carbocycles.